The van der Waals surface area contributed by atoms with Gasteiger partial charge in [-0.05, 0) is 61.5 Å². The minimum atomic E-state index is -0.728. The van der Waals surface area contributed by atoms with Gasteiger partial charge < -0.3 is 19.9 Å². The van der Waals surface area contributed by atoms with Gasteiger partial charge in [0.2, 0.25) is 5.91 Å². The summed E-state index contributed by atoms with van der Waals surface area (Å²) >= 11 is 0. The fourth-order valence-corrected chi connectivity index (χ4v) is 3.51. The van der Waals surface area contributed by atoms with Crippen molar-refractivity contribution < 1.29 is 23.5 Å². The summed E-state index contributed by atoms with van der Waals surface area (Å²) in [4.78, 5) is 38.2. The van der Waals surface area contributed by atoms with Gasteiger partial charge in [-0.3, -0.25) is 9.59 Å². The van der Waals surface area contributed by atoms with Gasteiger partial charge in [-0.25, -0.2) is 14.1 Å². The van der Waals surface area contributed by atoms with E-state index in [9.17, 15) is 18.8 Å². The van der Waals surface area contributed by atoms with Crippen LogP contribution in [0.25, 0.3) is 11.8 Å². The third-order valence-electron chi connectivity index (χ3n) is 5.14. The van der Waals surface area contributed by atoms with Crippen LogP contribution < -0.4 is 15.4 Å². The molecular formula is C24H21FN4O4. The molecule has 1 aliphatic rings. The second-order valence-corrected chi connectivity index (χ2v) is 7.34. The third kappa shape index (κ3) is 4.47. The summed E-state index contributed by atoms with van der Waals surface area (Å²) in [6.07, 6.45) is 1.55. The van der Waals surface area contributed by atoms with Gasteiger partial charge in [-0.15, -0.1) is 0 Å². The van der Waals surface area contributed by atoms with Crippen LogP contribution >= 0.6 is 0 Å². The fraction of sp³-hybridized carbons (Fsp3) is 0.125. The number of nitrogens with zero attached hydrogens (tertiary/aromatic N) is 2. The van der Waals surface area contributed by atoms with E-state index in [0.717, 1.165) is 16.3 Å². The topological polar surface area (TPSA) is 92.7 Å². The Morgan fingerprint density at radius 3 is 2.52 bits per heavy atom. The maximum absolute atomic E-state index is 13.8. The van der Waals surface area contributed by atoms with Crippen LogP contribution in [0.3, 0.4) is 0 Å². The molecule has 0 bridgehead atoms. The first-order valence-corrected chi connectivity index (χ1v) is 10.1. The predicted molar refractivity (Wildman–Crippen MR) is 120 cm³/mol. The lowest BCUT2D eigenvalue weighted by molar-refractivity contribution is -0.127. The number of methoxy groups -OCH3 is 1. The molecule has 0 radical (unpaired) electrons. The number of urea groups is 1. The second-order valence-electron chi connectivity index (χ2n) is 7.34. The molecule has 9 heteroatoms. The van der Waals surface area contributed by atoms with Gasteiger partial charge in [0.15, 0.2) is 0 Å². The van der Waals surface area contributed by atoms with Crippen molar-refractivity contribution in [1.82, 2.24) is 14.8 Å². The molecule has 0 unspecified atom stereocenters. The van der Waals surface area contributed by atoms with Gasteiger partial charge in [0.05, 0.1) is 12.8 Å². The molecule has 3 aromatic rings. The first-order valence-electron chi connectivity index (χ1n) is 10.1. The first-order chi connectivity index (χ1) is 15.9. The van der Waals surface area contributed by atoms with Crippen LogP contribution in [0.2, 0.25) is 0 Å². The van der Waals surface area contributed by atoms with Crippen molar-refractivity contribution in [1.29, 1.82) is 0 Å². The molecule has 1 aromatic heterocycles. The van der Waals surface area contributed by atoms with E-state index in [1.807, 2.05) is 47.9 Å². The molecule has 1 aliphatic heterocycles. The summed E-state index contributed by atoms with van der Waals surface area (Å²) < 4.78 is 20.9. The zero-order chi connectivity index (χ0) is 23.5. The van der Waals surface area contributed by atoms with Gasteiger partial charge in [0, 0.05) is 17.1 Å². The Morgan fingerprint density at radius 1 is 1.09 bits per heavy atom. The molecule has 2 heterocycles. The van der Waals surface area contributed by atoms with E-state index in [0.29, 0.717) is 11.4 Å². The molecule has 4 amide bonds. The number of ether oxygens (including phenoxy) is 1. The molecule has 0 atom stereocenters. The quantitative estimate of drug-likeness (QED) is 0.446. The van der Waals surface area contributed by atoms with Crippen LogP contribution in [0.5, 0.6) is 5.75 Å². The number of halogens is 1. The minimum absolute atomic E-state index is 0.0295. The molecule has 8 nitrogen and oxygen atoms in total. The van der Waals surface area contributed by atoms with Crippen LogP contribution in [0.1, 0.15) is 11.4 Å². The van der Waals surface area contributed by atoms with Crippen molar-refractivity contribution in [2.45, 2.75) is 6.92 Å². The zero-order valence-corrected chi connectivity index (χ0v) is 18.0. The second kappa shape index (κ2) is 8.99. The number of amides is 4. The van der Waals surface area contributed by atoms with Crippen molar-refractivity contribution in [3.8, 4) is 11.4 Å². The van der Waals surface area contributed by atoms with E-state index in [4.69, 9.17) is 4.74 Å². The summed E-state index contributed by atoms with van der Waals surface area (Å²) in [5, 5.41) is 4.86. The highest BCUT2D eigenvalue weighted by Crippen LogP contribution is 2.23. The average Bonchev–Trinajstić information content (AvgIpc) is 3.29. The number of nitrogens with one attached hydrogen (secondary N) is 2. The Balaban J connectivity index is 1.54. The van der Waals surface area contributed by atoms with Gasteiger partial charge >= 0.3 is 6.03 Å². The van der Waals surface area contributed by atoms with E-state index < -0.39 is 30.2 Å². The molecule has 0 saturated carbocycles. The lowest BCUT2D eigenvalue weighted by atomic mass is 10.2. The molecule has 0 spiro atoms. The van der Waals surface area contributed by atoms with Crippen molar-refractivity contribution >= 4 is 29.6 Å². The third-order valence-corrected chi connectivity index (χ3v) is 5.14. The predicted octanol–water partition coefficient (Wildman–Crippen LogP) is 3.46. The molecular weight excluding hydrogens is 427 g/mol. The first kappa shape index (κ1) is 21.8. The molecule has 33 heavy (non-hydrogen) atoms. The SMILES string of the molecule is COc1ccc(-n2c(C)ccc2/C=C2\NC(=O)N(CC(=O)Nc3ccccc3F)C2=O)cc1. The number of imide groups is 1. The Hall–Kier alpha value is -4.40. The summed E-state index contributed by atoms with van der Waals surface area (Å²) in [6.45, 7) is 1.37. The van der Waals surface area contributed by atoms with Gasteiger partial charge in [0.25, 0.3) is 5.91 Å². The van der Waals surface area contributed by atoms with Gasteiger partial charge in [-0.2, -0.15) is 0 Å². The number of hydrogen-bond donors (Lipinski definition) is 2. The number of aromatic nitrogens is 1. The standard InChI is InChI=1S/C24H21FN4O4/c1-15-7-8-17(29(15)16-9-11-18(33-2)12-10-16)13-21-23(31)28(24(32)27-21)14-22(30)26-20-6-4-3-5-19(20)25/h3-13H,14H2,1-2H3,(H,26,30)(H,27,32)/b21-13-. The maximum Gasteiger partial charge on any atom is 0.329 e. The summed E-state index contributed by atoms with van der Waals surface area (Å²) in [5.41, 5.74) is 2.44. The van der Waals surface area contributed by atoms with Crippen molar-refractivity contribution in [2.24, 2.45) is 0 Å². The van der Waals surface area contributed by atoms with Gasteiger partial charge in [-0.1, -0.05) is 12.1 Å². The Bertz CT molecular complexity index is 1260. The molecule has 4 rings (SSSR count). The van der Waals surface area contributed by atoms with Gasteiger partial charge in [0.1, 0.15) is 23.8 Å². The Labute approximate surface area is 189 Å². The lowest BCUT2D eigenvalue weighted by Crippen LogP contribution is -2.38. The smallest absolute Gasteiger partial charge is 0.329 e. The molecule has 2 N–H and O–H groups in total. The average molecular weight is 448 g/mol. The van der Waals surface area contributed by atoms with Crippen LogP contribution in [0, 0.1) is 12.7 Å². The van der Waals surface area contributed by atoms with Crippen molar-refractivity contribution in [3.05, 3.63) is 83.6 Å². The van der Waals surface area contributed by atoms with Crippen LogP contribution in [0.15, 0.2) is 66.4 Å². The number of rotatable bonds is 6. The number of benzene rings is 2. The zero-order valence-electron chi connectivity index (χ0n) is 18.0. The van der Waals surface area contributed by atoms with E-state index in [1.165, 1.54) is 18.2 Å². The van der Waals surface area contributed by atoms with E-state index >= 15 is 0 Å². The Kier molecular flexibility index (Phi) is 5.95. The van der Waals surface area contributed by atoms with Crippen LogP contribution in [0.4, 0.5) is 14.9 Å². The van der Waals surface area contributed by atoms with Crippen LogP contribution in [-0.2, 0) is 9.59 Å². The summed E-state index contributed by atoms with van der Waals surface area (Å²) in [6, 6.07) is 16.0. The van der Waals surface area contributed by atoms with Crippen LogP contribution in [-0.4, -0.2) is 41.0 Å². The van der Waals surface area contributed by atoms with E-state index in [-0.39, 0.29) is 11.4 Å². The van der Waals surface area contributed by atoms with E-state index in [1.54, 1.807) is 19.3 Å². The summed E-state index contributed by atoms with van der Waals surface area (Å²) in [5.74, 6) is -1.24. The number of carbonyl (C=O) groups is 3. The number of aryl methyl sites for hydroxylation is 1. The molecule has 0 aliphatic carbocycles. The highest BCUT2D eigenvalue weighted by atomic mass is 19.1. The fourth-order valence-electron chi connectivity index (χ4n) is 3.51. The largest absolute Gasteiger partial charge is 0.497 e. The molecule has 1 fully saturated rings. The highest BCUT2D eigenvalue weighted by Gasteiger charge is 2.35. The highest BCUT2D eigenvalue weighted by molar-refractivity contribution is 6.15. The Morgan fingerprint density at radius 2 is 1.82 bits per heavy atom. The monoisotopic (exact) mass is 448 g/mol. The van der Waals surface area contributed by atoms with E-state index in [2.05, 4.69) is 10.6 Å². The number of para-hydroxylation sites is 1. The molecule has 2 aromatic carbocycles. The maximum atomic E-state index is 13.8. The molecule has 168 valence electrons. The normalized spacial score (nSPS) is 14.5. The summed E-state index contributed by atoms with van der Waals surface area (Å²) in [7, 11) is 1.59. The number of anilines is 1. The van der Waals surface area contributed by atoms with Crippen molar-refractivity contribution in [3.63, 3.8) is 0 Å². The minimum Gasteiger partial charge on any atom is -0.497 e. The van der Waals surface area contributed by atoms with Crippen molar-refractivity contribution in [2.75, 3.05) is 19.0 Å². The molecule has 1 saturated heterocycles. The number of hydrogen-bond acceptors (Lipinski definition) is 4. The number of carbonyl (C=O) groups excluding carboxylic acids is 3. The lowest BCUT2D eigenvalue weighted by Gasteiger charge is -2.12.